The molecule has 1 aromatic rings. The largest absolute Gasteiger partial charge is 0.326 e. The van der Waals surface area contributed by atoms with Crippen molar-refractivity contribution >= 4 is 21.8 Å². The molecule has 0 saturated heterocycles. The minimum atomic E-state index is -3.89. The van der Waals surface area contributed by atoms with Gasteiger partial charge in [0.05, 0.1) is 16.8 Å². The maximum absolute atomic E-state index is 12.2. The number of hydrogen-bond donors (Lipinski definition) is 1. The van der Waals surface area contributed by atoms with Gasteiger partial charge in [-0.05, 0) is 26.0 Å². The summed E-state index contributed by atoms with van der Waals surface area (Å²) >= 11 is 0. The molecule has 1 aliphatic heterocycles. The van der Waals surface area contributed by atoms with Gasteiger partial charge < -0.3 is 0 Å². The number of nitrogens with one attached hydrogen (secondary N) is 1. The number of carbonyl (C=O) groups is 1. The number of carbonyl (C=O) groups excluding carboxylic acids is 1. The number of anilines is 1. The molecule has 1 aliphatic rings. The van der Waals surface area contributed by atoms with Gasteiger partial charge in [-0.2, -0.15) is 13.7 Å². The van der Waals surface area contributed by atoms with Crippen molar-refractivity contribution in [2.24, 2.45) is 0 Å². The molecule has 1 aromatic carbocycles. The molecular weight excluding hydrogens is 254 g/mol. The van der Waals surface area contributed by atoms with Crippen molar-refractivity contribution in [2.45, 2.75) is 19.9 Å². The zero-order valence-electron chi connectivity index (χ0n) is 9.84. The fraction of sp³-hybridized carbons (Fsp3) is 0.273. The van der Waals surface area contributed by atoms with E-state index in [4.69, 9.17) is 5.26 Å². The highest BCUT2D eigenvalue weighted by atomic mass is 32.2. The molecule has 1 N–H and O–H groups in total. The summed E-state index contributed by atoms with van der Waals surface area (Å²) in [6.45, 7) is 3.19. The lowest BCUT2D eigenvalue weighted by Crippen LogP contribution is -2.48. The number of rotatable bonds is 1. The minimum absolute atomic E-state index is 0.100. The Balaban J connectivity index is 2.71. The van der Waals surface area contributed by atoms with Crippen LogP contribution < -0.4 is 4.72 Å². The first-order valence-corrected chi connectivity index (χ1v) is 6.72. The van der Waals surface area contributed by atoms with E-state index in [0.717, 1.165) is 4.31 Å². The molecule has 94 valence electrons. The van der Waals surface area contributed by atoms with E-state index >= 15 is 0 Å². The van der Waals surface area contributed by atoms with Gasteiger partial charge in [-0.25, -0.2) is 4.31 Å². The van der Waals surface area contributed by atoms with Crippen LogP contribution in [0.4, 0.5) is 5.69 Å². The monoisotopic (exact) mass is 265 g/mol. The molecule has 1 amide bonds. The summed E-state index contributed by atoms with van der Waals surface area (Å²) < 4.78 is 26.9. The second kappa shape index (κ2) is 3.99. The van der Waals surface area contributed by atoms with E-state index < -0.39 is 22.2 Å². The van der Waals surface area contributed by atoms with Crippen molar-refractivity contribution in [3.63, 3.8) is 0 Å². The van der Waals surface area contributed by atoms with Crippen LogP contribution in [0.2, 0.25) is 0 Å². The fourth-order valence-corrected chi connectivity index (χ4v) is 3.29. The highest BCUT2D eigenvalue weighted by Crippen LogP contribution is 2.29. The molecule has 7 heteroatoms. The van der Waals surface area contributed by atoms with Crippen molar-refractivity contribution < 1.29 is 13.2 Å². The van der Waals surface area contributed by atoms with Gasteiger partial charge in [-0.3, -0.25) is 9.52 Å². The third-order valence-electron chi connectivity index (χ3n) is 2.57. The third kappa shape index (κ3) is 1.71. The smallest absolute Gasteiger partial charge is 0.268 e. The maximum atomic E-state index is 12.2. The van der Waals surface area contributed by atoms with Crippen LogP contribution in [0, 0.1) is 11.3 Å². The molecule has 0 fully saturated rings. The molecule has 2 rings (SSSR count). The summed E-state index contributed by atoms with van der Waals surface area (Å²) in [6.07, 6.45) is 0. The Morgan fingerprint density at radius 2 is 2.06 bits per heavy atom. The lowest BCUT2D eigenvalue weighted by atomic mass is 10.1. The summed E-state index contributed by atoms with van der Waals surface area (Å²) in [5.41, 5.74) is 0.407. The van der Waals surface area contributed by atoms with Crippen molar-refractivity contribution in [1.82, 2.24) is 4.31 Å². The number of benzene rings is 1. The van der Waals surface area contributed by atoms with E-state index in [1.165, 1.54) is 18.2 Å². The molecule has 0 atom stereocenters. The topological polar surface area (TPSA) is 90.3 Å². The molecule has 0 radical (unpaired) electrons. The molecule has 0 spiro atoms. The van der Waals surface area contributed by atoms with E-state index in [1.54, 1.807) is 13.8 Å². The first kappa shape index (κ1) is 12.4. The lowest BCUT2D eigenvalue weighted by Gasteiger charge is -2.31. The minimum Gasteiger partial charge on any atom is -0.268 e. The summed E-state index contributed by atoms with van der Waals surface area (Å²) in [5, 5.41) is 8.97. The van der Waals surface area contributed by atoms with Gasteiger partial charge in [0.25, 0.3) is 5.91 Å². The van der Waals surface area contributed by atoms with E-state index in [-0.39, 0.29) is 16.8 Å². The average Bonchev–Trinajstić information content (AvgIpc) is 2.25. The van der Waals surface area contributed by atoms with Crippen molar-refractivity contribution in [2.75, 3.05) is 4.72 Å². The van der Waals surface area contributed by atoms with Crippen LogP contribution >= 0.6 is 0 Å². The fourth-order valence-electron chi connectivity index (χ4n) is 1.88. The second-order valence-electron chi connectivity index (χ2n) is 4.14. The molecule has 0 bridgehead atoms. The molecule has 1 heterocycles. The first-order valence-electron chi connectivity index (χ1n) is 5.28. The molecule has 0 unspecified atom stereocenters. The standard InChI is InChI=1S/C11H11N3O3S/c1-7(2)14-11(15)10-8(6-12)4-3-5-9(10)13-18(14,16)17/h3-5,7,13H,1-2H3. The van der Waals surface area contributed by atoms with E-state index in [1.807, 2.05) is 6.07 Å². The molecule has 6 nitrogen and oxygen atoms in total. The van der Waals surface area contributed by atoms with Gasteiger partial charge in [-0.1, -0.05) is 6.07 Å². The van der Waals surface area contributed by atoms with Crippen LogP contribution in [0.15, 0.2) is 18.2 Å². The van der Waals surface area contributed by atoms with Gasteiger partial charge >= 0.3 is 10.2 Å². The summed E-state index contributed by atoms with van der Waals surface area (Å²) in [6, 6.07) is 5.84. The normalized spacial score (nSPS) is 17.0. The quantitative estimate of drug-likeness (QED) is 0.822. The van der Waals surface area contributed by atoms with Crippen molar-refractivity contribution in [3.05, 3.63) is 29.3 Å². The SMILES string of the molecule is CC(C)N1C(=O)c2c(C#N)cccc2NS1(=O)=O. The number of nitrogens with zero attached hydrogens (tertiary/aromatic N) is 2. The van der Waals surface area contributed by atoms with Crippen molar-refractivity contribution in [1.29, 1.82) is 5.26 Å². The highest BCUT2D eigenvalue weighted by Gasteiger charge is 2.38. The number of amides is 1. The van der Waals surface area contributed by atoms with Crippen LogP contribution in [0.3, 0.4) is 0 Å². The Kier molecular flexibility index (Phi) is 2.75. The Bertz CT molecular complexity index is 659. The van der Waals surface area contributed by atoms with Gasteiger partial charge in [0.15, 0.2) is 0 Å². The summed E-state index contributed by atoms with van der Waals surface area (Å²) in [4.78, 5) is 12.2. The number of fused-ring (bicyclic) bond motifs is 1. The Morgan fingerprint density at radius 3 is 2.61 bits per heavy atom. The molecule has 0 aromatic heterocycles. The Labute approximate surface area is 105 Å². The average molecular weight is 265 g/mol. The van der Waals surface area contributed by atoms with Crippen LogP contribution in [0.5, 0.6) is 0 Å². The molecular formula is C11H11N3O3S. The van der Waals surface area contributed by atoms with E-state index in [9.17, 15) is 13.2 Å². The van der Waals surface area contributed by atoms with Gasteiger partial charge in [-0.15, -0.1) is 0 Å². The predicted octanol–water partition coefficient (Wildman–Crippen LogP) is 1.08. The van der Waals surface area contributed by atoms with Gasteiger partial charge in [0.1, 0.15) is 6.07 Å². The van der Waals surface area contributed by atoms with Crippen LogP contribution in [-0.2, 0) is 10.2 Å². The zero-order chi connectivity index (χ0) is 13.5. The number of nitriles is 1. The van der Waals surface area contributed by atoms with Gasteiger partial charge in [0, 0.05) is 6.04 Å². The van der Waals surface area contributed by atoms with Crippen LogP contribution in [0.1, 0.15) is 29.8 Å². The second-order valence-corrected chi connectivity index (χ2v) is 5.69. The Morgan fingerprint density at radius 1 is 1.39 bits per heavy atom. The predicted molar refractivity (Wildman–Crippen MR) is 65.0 cm³/mol. The van der Waals surface area contributed by atoms with Gasteiger partial charge in [0.2, 0.25) is 0 Å². The molecule has 0 saturated carbocycles. The highest BCUT2D eigenvalue weighted by molar-refractivity contribution is 7.91. The molecule has 18 heavy (non-hydrogen) atoms. The first-order chi connectivity index (χ1) is 8.38. The summed E-state index contributed by atoms with van der Waals surface area (Å²) in [7, 11) is -3.89. The summed E-state index contributed by atoms with van der Waals surface area (Å²) in [5.74, 6) is -0.670. The lowest BCUT2D eigenvalue weighted by molar-refractivity contribution is 0.0834. The van der Waals surface area contributed by atoms with E-state index in [2.05, 4.69) is 4.72 Å². The van der Waals surface area contributed by atoms with Crippen LogP contribution in [-0.4, -0.2) is 24.7 Å². The van der Waals surface area contributed by atoms with E-state index in [0.29, 0.717) is 0 Å². The molecule has 0 aliphatic carbocycles. The Hall–Kier alpha value is -2.07. The third-order valence-corrected chi connectivity index (χ3v) is 4.15. The maximum Gasteiger partial charge on any atom is 0.326 e. The number of hydrogen-bond acceptors (Lipinski definition) is 4. The van der Waals surface area contributed by atoms with Crippen LogP contribution in [0.25, 0.3) is 0 Å². The van der Waals surface area contributed by atoms with Crippen molar-refractivity contribution in [3.8, 4) is 6.07 Å². The zero-order valence-corrected chi connectivity index (χ0v) is 10.7.